The molecule has 3 aromatic carbocycles. The molecule has 0 aliphatic heterocycles. The lowest BCUT2D eigenvalue weighted by atomic mass is 10.1. The number of ether oxygens (including phenoxy) is 2. The number of hydrogen-bond donors (Lipinski definition) is 2. The smallest absolute Gasteiger partial charge is 0.337 e. The fourth-order valence-electron chi connectivity index (χ4n) is 2.88. The van der Waals surface area contributed by atoms with Crippen molar-refractivity contribution in [3.63, 3.8) is 0 Å². The molecule has 0 aromatic heterocycles. The van der Waals surface area contributed by atoms with Crippen molar-refractivity contribution in [3.8, 4) is 5.75 Å². The van der Waals surface area contributed by atoms with Crippen molar-refractivity contribution in [2.45, 2.75) is 11.4 Å². The summed E-state index contributed by atoms with van der Waals surface area (Å²) in [7, 11) is -2.81. The molecule has 10 heteroatoms. The highest BCUT2D eigenvalue weighted by atomic mass is 35.5. The second-order valence-corrected chi connectivity index (χ2v) is 8.88. The zero-order valence-corrected chi connectivity index (χ0v) is 19.2. The number of para-hydroxylation sites is 1. The van der Waals surface area contributed by atoms with E-state index in [1.807, 2.05) is 6.07 Å². The van der Waals surface area contributed by atoms with Crippen LogP contribution in [0.4, 0.5) is 5.69 Å². The van der Waals surface area contributed by atoms with E-state index in [4.69, 9.17) is 21.1 Å². The number of nitrogens with one attached hydrogen (secondary N) is 2. The Bertz CT molecular complexity index is 1250. The van der Waals surface area contributed by atoms with Crippen LogP contribution >= 0.6 is 11.6 Å². The summed E-state index contributed by atoms with van der Waals surface area (Å²) >= 11 is 6.02. The summed E-state index contributed by atoms with van der Waals surface area (Å²) in [6, 6.07) is 19.2. The second-order valence-electron chi connectivity index (χ2n) is 6.82. The van der Waals surface area contributed by atoms with Crippen LogP contribution in [0.5, 0.6) is 5.75 Å². The van der Waals surface area contributed by atoms with Gasteiger partial charge in [-0.2, -0.15) is 0 Å². The van der Waals surface area contributed by atoms with Crippen molar-refractivity contribution in [1.29, 1.82) is 0 Å². The largest absolute Gasteiger partial charge is 0.484 e. The lowest BCUT2D eigenvalue weighted by Gasteiger charge is -2.13. The normalized spacial score (nSPS) is 10.8. The second kappa shape index (κ2) is 10.8. The minimum Gasteiger partial charge on any atom is -0.484 e. The van der Waals surface area contributed by atoms with E-state index < -0.39 is 16.0 Å². The molecule has 1 amide bonds. The molecule has 0 fully saturated rings. The average molecular weight is 489 g/mol. The van der Waals surface area contributed by atoms with Gasteiger partial charge in [-0.25, -0.2) is 13.2 Å². The Hall–Kier alpha value is -3.56. The van der Waals surface area contributed by atoms with Crippen LogP contribution in [0.1, 0.15) is 15.9 Å². The third kappa shape index (κ3) is 6.71. The summed E-state index contributed by atoms with van der Waals surface area (Å²) in [4.78, 5) is 24.1. The molecule has 0 unspecified atom stereocenters. The highest BCUT2D eigenvalue weighted by Crippen LogP contribution is 2.25. The Morgan fingerprint density at radius 1 is 0.970 bits per heavy atom. The van der Waals surface area contributed by atoms with Crippen molar-refractivity contribution in [3.05, 3.63) is 88.9 Å². The first-order valence-corrected chi connectivity index (χ1v) is 11.6. The third-order valence-electron chi connectivity index (χ3n) is 4.40. The van der Waals surface area contributed by atoms with Gasteiger partial charge < -0.3 is 14.8 Å². The summed E-state index contributed by atoms with van der Waals surface area (Å²) < 4.78 is 38.1. The fourth-order valence-corrected chi connectivity index (χ4v) is 4.44. The van der Waals surface area contributed by atoms with Crippen molar-refractivity contribution in [2.24, 2.45) is 0 Å². The summed E-state index contributed by atoms with van der Waals surface area (Å²) in [5.41, 5.74) is 0.701. The average Bonchev–Trinajstić information content (AvgIpc) is 2.81. The standard InChI is InChI=1S/C23H21ClN2O6S/c1-31-23(28)17-11-16(14-25-22(27)15-32-19-7-3-2-4-8-19)12-18(13-17)26-33(29,30)21-10-6-5-9-20(21)24/h2-13,26H,14-15H2,1H3,(H,25,27). The van der Waals surface area contributed by atoms with Crippen molar-refractivity contribution >= 4 is 39.2 Å². The van der Waals surface area contributed by atoms with Gasteiger partial charge in [0, 0.05) is 6.54 Å². The van der Waals surface area contributed by atoms with Crippen LogP contribution in [0.2, 0.25) is 5.02 Å². The number of hydrogen-bond acceptors (Lipinski definition) is 6. The fraction of sp³-hybridized carbons (Fsp3) is 0.130. The van der Waals surface area contributed by atoms with E-state index in [9.17, 15) is 18.0 Å². The van der Waals surface area contributed by atoms with Gasteiger partial charge in [-0.1, -0.05) is 41.9 Å². The van der Waals surface area contributed by atoms with Crippen LogP contribution in [0.25, 0.3) is 0 Å². The Morgan fingerprint density at radius 3 is 2.36 bits per heavy atom. The Kier molecular flexibility index (Phi) is 7.92. The van der Waals surface area contributed by atoms with Gasteiger partial charge in [0.2, 0.25) is 0 Å². The summed E-state index contributed by atoms with van der Waals surface area (Å²) in [6.07, 6.45) is 0. The van der Waals surface area contributed by atoms with E-state index >= 15 is 0 Å². The number of amides is 1. The first-order chi connectivity index (χ1) is 15.8. The maximum atomic E-state index is 12.8. The number of methoxy groups -OCH3 is 1. The number of rotatable bonds is 9. The number of halogens is 1. The number of carbonyl (C=O) groups excluding carboxylic acids is 2. The Labute approximate surface area is 196 Å². The van der Waals surface area contributed by atoms with Crippen molar-refractivity contribution < 1.29 is 27.5 Å². The van der Waals surface area contributed by atoms with E-state index in [0.717, 1.165) is 0 Å². The number of carbonyl (C=O) groups is 2. The van der Waals surface area contributed by atoms with Gasteiger partial charge in [-0.3, -0.25) is 9.52 Å². The summed E-state index contributed by atoms with van der Waals surface area (Å²) in [5.74, 6) is -0.495. The van der Waals surface area contributed by atoms with Crippen LogP contribution in [-0.4, -0.2) is 34.0 Å². The van der Waals surface area contributed by atoms with Gasteiger partial charge in [-0.15, -0.1) is 0 Å². The van der Waals surface area contributed by atoms with E-state index in [0.29, 0.717) is 11.3 Å². The zero-order valence-electron chi connectivity index (χ0n) is 17.6. The van der Waals surface area contributed by atoms with E-state index in [1.54, 1.807) is 36.4 Å². The molecule has 0 atom stereocenters. The molecule has 0 aliphatic carbocycles. The number of esters is 1. The molecular weight excluding hydrogens is 468 g/mol. The molecule has 2 N–H and O–H groups in total. The van der Waals surface area contributed by atoms with Gasteiger partial charge >= 0.3 is 5.97 Å². The Balaban J connectivity index is 1.75. The Morgan fingerprint density at radius 2 is 1.67 bits per heavy atom. The molecule has 0 saturated carbocycles. The van der Waals surface area contributed by atoms with E-state index in [-0.39, 0.29) is 40.2 Å². The van der Waals surface area contributed by atoms with E-state index in [2.05, 4.69) is 10.0 Å². The highest BCUT2D eigenvalue weighted by Gasteiger charge is 2.19. The predicted molar refractivity (Wildman–Crippen MR) is 124 cm³/mol. The highest BCUT2D eigenvalue weighted by molar-refractivity contribution is 7.92. The summed E-state index contributed by atoms with van der Waals surface area (Å²) in [6.45, 7) is -0.171. The van der Waals surface area contributed by atoms with Crippen LogP contribution in [0.3, 0.4) is 0 Å². The molecule has 0 aliphatic rings. The van der Waals surface area contributed by atoms with Crippen LogP contribution < -0.4 is 14.8 Å². The SMILES string of the molecule is COC(=O)c1cc(CNC(=O)COc2ccccc2)cc(NS(=O)(=O)c2ccccc2Cl)c1. The molecule has 172 valence electrons. The van der Waals surface area contributed by atoms with Gasteiger partial charge in [0.25, 0.3) is 15.9 Å². The molecule has 8 nitrogen and oxygen atoms in total. The predicted octanol–water partition coefficient (Wildman–Crippen LogP) is 3.62. The molecular formula is C23H21ClN2O6S. The van der Waals surface area contributed by atoms with Crippen molar-refractivity contribution in [1.82, 2.24) is 5.32 Å². The van der Waals surface area contributed by atoms with Crippen LogP contribution in [-0.2, 0) is 26.1 Å². The minimum atomic E-state index is -4.02. The lowest BCUT2D eigenvalue weighted by Crippen LogP contribution is -2.28. The topological polar surface area (TPSA) is 111 Å². The monoisotopic (exact) mass is 488 g/mol. The third-order valence-corrected chi connectivity index (χ3v) is 6.28. The number of benzene rings is 3. The zero-order chi connectivity index (χ0) is 23.8. The maximum Gasteiger partial charge on any atom is 0.337 e. The first-order valence-electron chi connectivity index (χ1n) is 9.72. The maximum absolute atomic E-state index is 12.8. The van der Waals surface area contributed by atoms with Crippen molar-refractivity contribution in [2.75, 3.05) is 18.4 Å². The van der Waals surface area contributed by atoms with Crippen LogP contribution in [0, 0.1) is 0 Å². The molecule has 3 rings (SSSR count). The van der Waals surface area contributed by atoms with Gasteiger partial charge in [0.1, 0.15) is 10.6 Å². The van der Waals surface area contributed by atoms with Crippen LogP contribution in [0.15, 0.2) is 77.7 Å². The van der Waals surface area contributed by atoms with Gasteiger partial charge in [0.05, 0.1) is 23.4 Å². The quantitative estimate of drug-likeness (QED) is 0.445. The minimum absolute atomic E-state index is 0.0304. The first kappa shape index (κ1) is 24.1. The molecule has 3 aromatic rings. The molecule has 33 heavy (non-hydrogen) atoms. The molecule has 0 bridgehead atoms. The molecule has 0 saturated heterocycles. The molecule has 0 spiro atoms. The summed E-state index contributed by atoms with van der Waals surface area (Å²) in [5, 5.41) is 2.73. The van der Waals surface area contributed by atoms with E-state index in [1.165, 1.54) is 37.4 Å². The molecule has 0 radical (unpaired) electrons. The van der Waals surface area contributed by atoms with Gasteiger partial charge in [0.15, 0.2) is 6.61 Å². The number of anilines is 1. The van der Waals surface area contributed by atoms with Gasteiger partial charge in [-0.05, 0) is 48.0 Å². The number of sulfonamides is 1. The lowest BCUT2D eigenvalue weighted by molar-refractivity contribution is -0.123. The molecule has 0 heterocycles.